The normalized spacial score (nSPS) is 11.2. The molecule has 0 bridgehead atoms. The van der Waals surface area contributed by atoms with Gasteiger partial charge in [0.1, 0.15) is 5.75 Å². The minimum absolute atomic E-state index is 0.0750. The zero-order valence-corrected chi connectivity index (χ0v) is 16.2. The van der Waals surface area contributed by atoms with Crippen LogP contribution in [0.4, 0.5) is 11.6 Å². The molecule has 0 unspecified atom stereocenters. The van der Waals surface area contributed by atoms with Crippen molar-refractivity contribution < 1.29 is 14.3 Å². The predicted molar refractivity (Wildman–Crippen MR) is 107 cm³/mol. The second-order valence-electron chi connectivity index (χ2n) is 5.84. The molecule has 1 heterocycles. The van der Waals surface area contributed by atoms with E-state index in [-0.39, 0.29) is 36.3 Å². The smallest absolute Gasteiger partial charge is 0.306 e. The minimum Gasteiger partial charge on any atom is -0.494 e. The largest absolute Gasteiger partial charge is 0.494 e. The van der Waals surface area contributed by atoms with Gasteiger partial charge in [0, 0.05) is 17.7 Å². The monoisotopic (exact) mass is 387 g/mol. The number of guanidine groups is 1. The SMILES string of the molecule is CCOC(=O)CCc1c(C)nc(/N=C(\N)Nc2ccc(OCC)cc2)[nH]c1=O. The first-order valence-electron chi connectivity index (χ1n) is 9.02. The van der Waals surface area contributed by atoms with E-state index < -0.39 is 0 Å². The fourth-order valence-corrected chi connectivity index (χ4v) is 2.49. The molecule has 0 saturated heterocycles. The summed E-state index contributed by atoms with van der Waals surface area (Å²) < 4.78 is 10.3. The van der Waals surface area contributed by atoms with Gasteiger partial charge in [0.05, 0.1) is 18.9 Å². The van der Waals surface area contributed by atoms with Crippen molar-refractivity contribution in [1.82, 2.24) is 9.97 Å². The molecule has 9 nitrogen and oxygen atoms in total. The molecule has 9 heteroatoms. The Hall–Kier alpha value is -3.36. The lowest BCUT2D eigenvalue weighted by Gasteiger charge is -2.08. The zero-order valence-electron chi connectivity index (χ0n) is 16.2. The molecule has 0 radical (unpaired) electrons. The van der Waals surface area contributed by atoms with E-state index in [1.165, 1.54) is 0 Å². The third-order valence-electron chi connectivity index (χ3n) is 3.76. The maximum absolute atomic E-state index is 12.3. The number of ether oxygens (including phenoxy) is 2. The van der Waals surface area contributed by atoms with Crippen LogP contribution in [0.3, 0.4) is 0 Å². The number of benzene rings is 1. The number of hydrogen-bond acceptors (Lipinski definition) is 6. The van der Waals surface area contributed by atoms with Crippen LogP contribution in [0.25, 0.3) is 0 Å². The highest BCUT2D eigenvalue weighted by Gasteiger charge is 2.11. The molecule has 150 valence electrons. The molecule has 0 spiro atoms. The maximum Gasteiger partial charge on any atom is 0.306 e. The number of esters is 1. The summed E-state index contributed by atoms with van der Waals surface area (Å²) in [6.07, 6.45) is 0.362. The summed E-state index contributed by atoms with van der Waals surface area (Å²) in [6, 6.07) is 7.21. The standard InChI is InChI=1S/C19H25N5O4/c1-4-27-14-8-6-13(7-9-14)22-18(20)24-19-21-12(3)15(17(26)23-19)10-11-16(25)28-5-2/h6-9H,4-5,10-11H2,1-3H3,(H4,20,21,22,23,24,26). The molecule has 0 fully saturated rings. The predicted octanol–water partition coefficient (Wildman–Crippen LogP) is 2.03. The van der Waals surface area contributed by atoms with Gasteiger partial charge in [-0.25, -0.2) is 4.98 Å². The van der Waals surface area contributed by atoms with E-state index in [1.54, 1.807) is 26.0 Å². The van der Waals surface area contributed by atoms with Gasteiger partial charge < -0.3 is 20.5 Å². The Morgan fingerprint density at radius 2 is 1.96 bits per heavy atom. The van der Waals surface area contributed by atoms with Crippen LogP contribution in [0.2, 0.25) is 0 Å². The Morgan fingerprint density at radius 1 is 1.25 bits per heavy atom. The number of carbonyl (C=O) groups is 1. The number of nitrogens with one attached hydrogen (secondary N) is 2. The molecule has 0 amide bonds. The Balaban J connectivity index is 2.08. The average Bonchev–Trinajstić information content (AvgIpc) is 2.63. The number of nitrogens with two attached hydrogens (primary N) is 1. The molecule has 0 atom stereocenters. The van der Waals surface area contributed by atoms with Gasteiger partial charge in [0.2, 0.25) is 11.9 Å². The van der Waals surface area contributed by atoms with Gasteiger partial charge >= 0.3 is 5.97 Å². The first kappa shape index (κ1) is 20.9. The molecular weight excluding hydrogens is 362 g/mol. The Morgan fingerprint density at radius 3 is 2.57 bits per heavy atom. The van der Waals surface area contributed by atoms with Gasteiger partial charge in [-0.3, -0.25) is 14.6 Å². The second kappa shape index (κ2) is 10.1. The van der Waals surface area contributed by atoms with E-state index in [4.69, 9.17) is 15.2 Å². The molecule has 0 aliphatic carbocycles. The number of aromatic amines is 1. The fourth-order valence-electron chi connectivity index (χ4n) is 2.49. The van der Waals surface area contributed by atoms with Crippen molar-refractivity contribution in [1.29, 1.82) is 0 Å². The summed E-state index contributed by atoms with van der Waals surface area (Å²) in [6.45, 7) is 6.22. The summed E-state index contributed by atoms with van der Waals surface area (Å²) >= 11 is 0. The van der Waals surface area contributed by atoms with Crippen LogP contribution >= 0.6 is 0 Å². The van der Waals surface area contributed by atoms with Crippen molar-refractivity contribution in [3.05, 3.63) is 45.9 Å². The first-order chi connectivity index (χ1) is 13.4. The number of hydrogen-bond donors (Lipinski definition) is 3. The van der Waals surface area contributed by atoms with Crippen LogP contribution in [0.5, 0.6) is 5.75 Å². The van der Waals surface area contributed by atoms with Crippen LogP contribution in [-0.4, -0.2) is 35.1 Å². The number of aromatic nitrogens is 2. The van der Waals surface area contributed by atoms with Crippen molar-refractivity contribution >= 4 is 23.6 Å². The van der Waals surface area contributed by atoms with E-state index >= 15 is 0 Å². The van der Waals surface area contributed by atoms with E-state index in [0.717, 1.165) is 11.4 Å². The molecule has 0 aliphatic rings. The van der Waals surface area contributed by atoms with Crippen LogP contribution in [0.1, 0.15) is 31.5 Å². The number of anilines is 1. The molecular formula is C19H25N5O4. The van der Waals surface area contributed by atoms with Crippen LogP contribution in [0, 0.1) is 6.92 Å². The van der Waals surface area contributed by atoms with Gasteiger partial charge in [-0.15, -0.1) is 0 Å². The summed E-state index contributed by atoms with van der Waals surface area (Å²) in [5.74, 6) is 0.556. The van der Waals surface area contributed by atoms with Crippen LogP contribution < -0.4 is 21.3 Å². The number of carbonyl (C=O) groups excluding carboxylic acids is 1. The maximum atomic E-state index is 12.3. The van der Waals surface area contributed by atoms with Crippen molar-refractivity contribution in [3.8, 4) is 5.75 Å². The summed E-state index contributed by atoms with van der Waals surface area (Å²) in [5, 5.41) is 2.92. The van der Waals surface area contributed by atoms with Crippen molar-refractivity contribution in [2.75, 3.05) is 18.5 Å². The van der Waals surface area contributed by atoms with Gasteiger partial charge in [-0.1, -0.05) is 0 Å². The lowest BCUT2D eigenvalue weighted by Crippen LogP contribution is -2.23. The lowest BCUT2D eigenvalue weighted by atomic mass is 10.1. The quantitative estimate of drug-likeness (QED) is 0.359. The van der Waals surface area contributed by atoms with Gasteiger partial charge in [-0.05, 0) is 51.5 Å². The number of H-pyrrole nitrogens is 1. The summed E-state index contributed by atoms with van der Waals surface area (Å²) in [4.78, 5) is 34.7. The summed E-state index contributed by atoms with van der Waals surface area (Å²) in [5.41, 5.74) is 7.16. The first-order valence-corrected chi connectivity index (χ1v) is 9.02. The van der Waals surface area contributed by atoms with Crippen molar-refractivity contribution in [3.63, 3.8) is 0 Å². The van der Waals surface area contributed by atoms with Gasteiger partial charge in [-0.2, -0.15) is 4.99 Å². The third kappa shape index (κ3) is 6.11. The van der Waals surface area contributed by atoms with E-state index in [2.05, 4.69) is 20.3 Å². The lowest BCUT2D eigenvalue weighted by molar-refractivity contribution is -0.143. The van der Waals surface area contributed by atoms with Crippen LogP contribution in [-0.2, 0) is 16.0 Å². The zero-order chi connectivity index (χ0) is 20.5. The molecule has 0 saturated carbocycles. The van der Waals surface area contributed by atoms with Crippen LogP contribution in [0.15, 0.2) is 34.1 Å². The molecule has 0 aliphatic heterocycles. The Bertz CT molecular complexity index is 890. The fraction of sp³-hybridized carbons (Fsp3) is 0.368. The second-order valence-corrected chi connectivity index (χ2v) is 5.84. The topological polar surface area (TPSA) is 132 Å². The number of aryl methyl sites for hydroxylation is 1. The van der Waals surface area contributed by atoms with E-state index in [1.807, 2.05) is 19.1 Å². The molecule has 2 aromatic rings. The number of nitrogens with zero attached hydrogens (tertiary/aromatic N) is 2. The van der Waals surface area contributed by atoms with Gasteiger partial charge in [0.15, 0.2) is 0 Å². The molecule has 2 rings (SSSR count). The van der Waals surface area contributed by atoms with E-state index in [9.17, 15) is 9.59 Å². The highest BCUT2D eigenvalue weighted by atomic mass is 16.5. The van der Waals surface area contributed by atoms with Crippen molar-refractivity contribution in [2.24, 2.45) is 10.7 Å². The molecule has 28 heavy (non-hydrogen) atoms. The average molecular weight is 387 g/mol. The number of rotatable bonds is 8. The van der Waals surface area contributed by atoms with E-state index in [0.29, 0.717) is 24.5 Å². The minimum atomic E-state index is -0.357. The highest BCUT2D eigenvalue weighted by molar-refractivity contribution is 5.93. The van der Waals surface area contributed by atoms with Gasteiger partial charge in [0.25, 0.3) is 5.56 Å². The molecule has 1 aromatic carbocycles. The Labute approximate surface area is 163 Å². The third-order valence-corrected chi connectivity index (χ3v) is 3.76. The summed E-state index contributed by atoms with van der Waals surface area (Å²) in [7, 11) is 0. The highest BCUT2D eigenvalue weighted by Crippen LogP contribution is 2.15. The Kier molecular flexibility index (Phi) is 7.55. The molecule has 4 N–H and O–H groups in total. The van der Waals surface area contributed by atoms with Crippen molar-refractivity contribution in [2.45, 2.75) is 33.6 Å². The molecule has 1 aromatic heterocycles. The number of aliphatic imine (C=N–C) groups is 1.